The fourth-order valence-electron chi connectivity index (χ4n) is 1.10. The Bertz CT molecular complexity index is 293. The van der Waals surface area contributed by atoms with E-state index < -0.39 is 12.1 Å². The topological polar surface area (TPSA) is 51.5 Å². The molecule has 0 aromatic carbocycles. The molecule has 1 aromatic heterocycles. The zero-order valence-electron chi connectivity index (χ0n) is 7.73. The fourth-order valence-corrected chi connectivity index (χ4v) is 1.10. The maximum atomic E-state index is 11.1. The monoisotopic (exact) mass is 183 g/mol. The molecule has 1 aromatic rings. The van der Waals surface area contributed by atoms with E-state index >= 15 is 0 Å². The van der Waals surface area contributed by atoms with E-state index in [2.05, 4.69) is 4.74 Å². The van der Waals surface area contributed by atoms with E-state index in [-0.39, 0.29) is 6.61 Å². The van der Waals surface area contributed by atoms with Crippen molar-refractivity contribution in [3.8, 4) is 0 Å². The standard InChI is InChI=1S/C9H13NO3/c1-3-13-9(12)8(11)7-5-4-6-10(7)2/h4-6,8,11H,3H2,1-2H3. The smallest absolute Gasteiger partial charge is 0.341 e. The molecule has 0 bridgehead atoms. The molecule has 1 atom stereocenters. The summed E-state index contributed by atoms with van der Waals surface area (Å²) in [5.74, 6) is -0.607. The summed E-state index contributed by atoms with van der Waals surface area (Å²) in [6, 6.07) is 3.44. The zero-order chi connectivity index (χ0) is 9.84. The van der Waals surface area contributed by atoms with Crippen molar-refractivity contribution < 1.29 is 14.6 Å². The van der Waals surface area contributed by atoms with Crippen LogP contribution in [0.15, 0.2) is 18.3 Å². The van der Waals surface area contributed by atoms with Crippen molar-refractivity contribution in [2.24, 2.45) is 7.05 Å². The van der Waals surface area contributed by atoms with Gasteiger partial charge in [0.05, 0.1) is 12.3 Å². The Balaban J connectivity index is 2.73. The second-order valence-corrected chi connectivity index (χ2v) is 2.70. The summed E-state index contributed by atoms with van der Waals surface area (Å²) >= 11 is 0. The Hall–Kier alpha value is -1.29. The second kappa shape index (κ2) is 4.09. The zero-order valence-corrected chi connectivity index (χ0v) is 7.73. The van der Waals surface area contributed by atoms with Crippen molar-refractivity contribution in [1.82, 2.24) is 4.57 Å². The number of carbonyl (C=O) groups is 1. The van der Waals surface area contributed by atoms with Crippen molar-refractivity contribution in [3.63, 3.8) is 0 Å². The molecule has 0 saturated heterocycles. The molecule has 1 unspecified atom stereocenters. The normalized spacial score (nSPS) is 12.5. The van der Waals surface area contributed by atoms with Crippen molar-refractivity contribution in [3.05, 3.63) is 24.0 Å². The highest BCUT2D eigenvalue weighted by atomic mass is 16.5. The third-order valence-corrected chi connectivity index (χ3v) is 1.77. The largest absolute Gasteiger partial charge is 0.464 e. The van der Waals surface area contributed by atoms with Gasteiger partial charge in [-0.1, -0.05) is 0 Å². The van der Waals surface area contributed by atoms with Gasteiger partial charge in [-0.05, 0) is 19.1 Å². The van der Waals surface area contributed by atoms with Crippen LogP contribution in [0.1, 0.15) is 18.7 Å². The molecule has 4 heteroatoms. The molecule has 1 N–H and O–H groups in total. The summed E-state index contributed by atoms with van der Waals surface area (Å²) in [5, 5.41) is 9.49. The van der Waals surface area contributed by atoms with Gasteiger partial charge in [-0.2, -0.15) is 0 Å². The van der Waals surface area contributed by atoms with Gasteiger partial charge in [-0.15, -0.1) is 0 Å². The number of nitrogens with zero attached hydrogens (tertiary/aromatic N) is 1. The predicted molar refractivity (Wildman–Crippen MR) is 47.0 cm³/mol. The summed E-state index contributed by atoms with van der Waals surface area (Å²) in [4.78, 5) is 11.1. The number of esters is 1. The summed E-state index contributed by atoms with van der Waals surface area (Å²) in [7, 11) is 1.76. The summed E-state index contributed by atoms with van der Waals surface area (Å²) < 4.78 is 6.36. The number of carbonyl (C=O) groups excluding carboxylic acids is 1. The Kier molecular flexibility index (Phi) is 3.08. The van der Waals surface area contributed by atoms with E-state index in [1.54, 1.807) is 36.9 Å². The van der Waals surface area contributed by atoms with Crippen LogP contribution in [0.4, 0.5) is 0 Å². The van der Waals surface area contributed by atoms with Gasteiger partial charge < -0.3 is 14.4 Å². The molecule has 0 aliphatic rings. The SMILES string of the molecule is CCOC(=O)C(O)c1cccn1C. The van der Waals surface area contributed by atoms with Crippen molar-refractivity contribution in [2.45, 2.75) is 13.0 Å². The Morgan fingerprint density at radius 3 is 2.92 bits per heavy atom. The quantitative estimate of drug-likeness (QED) is 0.699. The number of ether oxygens (including phenoxy) is 1. The van der Waals surface area contributed by atoms with Crippen LogP contribution < -0.4 is 0 Å². The Morgan fingerprint density at radius 1 is 1.77 bits per heavy atom. The molecule has 0 aliphatic heterocycles. The average molecular weight is 183 g/mol. The molecular weight excluding hydrogens is 170 g/mol. The minimum atomic E-state index is -1.18. The molecule has 1 heterocycles. The van der Waals surface area contributed by atoms with Gasteiger partial charge in [0.2, 0.25) is 0 Å². The summed E-state index contributed by atoms with van der Waals surface area (Å²) in [5.41, 5.74) is 0.540. The van der Waals surface area contributed by atoms with Crippen molar-refractivity contribution in [1.29, 1.82) is 0 Å². The van der Waals surface area contributed by atoms with Gasteiger partial charge in [0.1, 0.15) is 0 Å². The first kappa shape index (κ1) is 9.80. The van der Waals surface area contributed by atoms with Crippen molar-refractivity contribution >= 4 is 5.97 Å². The number of aromatic nitrogens is 1. The number of rotatable bonds is 3. The minimum absolute atomic E-state index is 0.278. The molecule has 0 spiro atoms. The number of hydrogen-bond acceptors (Lipinski definition) is 3. The number of aliphatic hydroxyl groups is 1. The van der Waals surface area contributed by atoms with Crippen molar-refractivity contribution in [2.75, 3.05) is 6.61 Å². The van der Waals surface area contributed by atoms with Crippen LogP contribution in [0.5, 0.6) is 0 Å². The third-order valence-electron chi connectivity index (χ3n) is 1.77. The van der Waals surface area contributed by atoms with Crippen LogP contribution in [-0.4, -0.2) is 22.2 Å². The average Bonchev–Trinajstić information content (AvgIpc) is 2.50. The van der Waals surface area contributed by atoms with Gasteiger partial charge in [-0.25, -0.2) is 4.79 Å². The number of aliphatic hydroxyl groups excluding tert-OH is 1. The molecule has 0 radical (unpaired) electrons. The first-order valence-corrected chi connectivity index (χ1v) is 4.12. The Morgan fingerprint density at radius 2 is 2.46 bits per heavy atom. The van der Waals surface area contributed by atoms with E-state index in [4.69, 9.17) is 0 Å². The first-order chi connectivity index (χ1) is 6.16. The molecule has 13 heavy (non-hydrogen) atoms. The molecule has 4 nitrogen and oxygen atoms in total. The maximum Gasteiger partial charge on any atom is 0.341 e. The number of hydrogen-bond donors (Lipinski definition) is 1. The first-order valence-electron chi connectivity index (χ1n) is 4.12. The molecule has 0 aliphatic carbocycles. The van der Waals surface area contributed by atoms with E-state index in [0.29, 0.717) is 5.69 Å². The highest BCUT2D eigenvalue weighted by Gasteiger charge is 2.20. The fraction of sp³-hybridized carbons (Fsp3) is 0.444. The van der Waals surface area contributed by atoms with E-state index in [0.717, 1.165) is 0 Å². The van der Waals surface area contributed by atoms with Gasteiger partial charge in [0.15, 0.2) is 6.10 Å². The van der Waals surface area contributed by atoms with Gasteiger partial charge in [-0.3, -0.25) is 0 Å². The van der Waals surface area contributed by atoms with E-state index in [9.17, 15) is 9.90 Å². The molecule has 0 amide bonds. The molecule has 1 rings (SSSR count). The number of aryl methyl sites for hydroxylation is 1. The van der Waals surface area contributed by atoms with Crippen LogP contribution in [0.3, 0.4) is 0 Å². The lowest BCUT2D eigenvalue weighted by atomic mass is 10.2. The minimum Gasteiger partial charge on any atom is -0.464 e. The van der Waals surface area contributed by atoms with Crippen LogP contribution in [-0.2, 0) is 16.6 Å². The van der Waals surface area contributed by atoms with Crippen LogP contribution in [0, 0.1) is 0 Å². The molecular formula is C9H13NO3. The Labute approximate surface area is 76.7 Å². The van der Waals surface area contributed by atoms with E-state index in [1.165, 1.54) is 0 Å². The predicted octanol–water partition coefficient (Wildman–Crippen LogP) is 0.622. The maximum absolute atomic E-state index is 11.1. The van der Waals surface area contributed by atoms with Crippen LogP contribution in [0.2, 0.25) is 0 Å². The summed E-state index contributed by atoms with van der Waals surface area (Å²) in [6.07, 6.45) is 0.581. The third kappa shape index (κ3) is 2.09. The van der Waals surface area contributed by atoms with Crippen LogP contribution in [0.25, 0.3) is 0 Å². The highest BCUT2D eigenvalue weighted by molar-refractivity contribution is 5.75. The lowest BCUT2D eigenvalue weighted by molar-refractivity contribution is -0.153. The second-order valence-electron chi connectivity index (χ2n) is 2.70. The molecule has 0 saturated carbocycles. The summed E-state index contributed by atoms with van der Waals surface area (Å²) in [6.45, 7) is 1.98. The van der Waals surface area contributed by atoms with Gasteiger partial charge >= 0.3 is 5.97 Å². The molecule has 0 fully saturated rings. The van der Waals surface area contributed by atoms with Gasteiger partial charge in [0.25, 0.3) is 0 Å². The van der Waals surface area contributed by atoms with E-state index in [1.807, 2.05) is 0 Å². The van der Waals surface area contributed by atoms with Crippen LogP contribution >= 0.6 is 0 Å². The highest BCUT2D eigenvalue weighted by Crippen LogP contribution is 2.13. The lowest BCUT2D eigenvalue weighted by Crippen LogP contribution is -2.17. The van der Waals surface area contributed by atoms with Gasteiger partial charge in [0, 0.05) is 13.2 Å². The lowest BCUT2D eigenvalue weighted by Gasteiger charge is -2.10. The molecule has 72 valence electrons.